The third kappa shape index (κ3) is 2.39. The van der Waals surface area contributed by atoms with Gasteiger partial charge in [0.2, 0.25) is 0 Å². The fraction of sp³-hybridized carbons (Fsp3) is 0.300. The molecule has 0 aromatic heterocycles. The molecule has 0 bridgehead atoms. The number of hydrogen-bond acceptors (Lipinski definition) is 4. The van der Waals surface area contributed by atoms with E-state index in [4.69, 9.17) is 14.6 Å². The molecule has 0 atom stereocenters. The SMILES string of the molecule is CCC(=O)Oc1ccc(O)cc1OC. The molecule has 0 radical (unpaired) electrons. The number of phenolic OH excluding ortho intramolecular Hbond substituents is 1. The maximum Gasteiger partial charge on any atom is 0.311 e. The van der Waals surface area contributed by atoms with E-state index in [2.05, 4.69) is 0 Å². The van der Waals surface area contributed by atoms with Crippen LogP contribution in [0.15, 0.2) is 18.2 Å². The van der Waals surface area contributed by atoms with E-state index in [9.17, 15) is 4.79 Å². The van der Waals surface area contributed by atoms with Gasteiger partial charge >= 0.3 is 5.97 Å². The molecule has 4 nitrogen and oxygen atoms in total. The number of carbonyl (C=O) groups is 1. The minimum atomic E-state index is -0.339. The Balaban J connectivity index is 2.90. The molecular formula is C10H12O4. The molecule has 0 amide bonds. The summed E-state index contributed by atoms with van der Waals surface area (Å²) < 4.78 is 9.90. The first kappa shape index (κ1) is 10.4. The lowest BCUT2D eigenvalue weighted by atomic mass is 10.3. The van der Waals surface area contributed by atoms with Crippen molar-refractivity contribution in [2.75, 3.05) is 7.11 Å². The van der Waals surface area contributed by atoms with Crippen LogP contribution in [-0.2, 0) is 4.79 Å². The van der Waals surface area contributed by atoms with E-state index in [-0.39, 0.29) is 11.7 Å². The molecule has 0 aliphatic carbocycles. The van der Waals surface area contributed by atoms with Crippen LogP contribution in [0, 0.1) is 0 Å². The van der Waals surface area contributed by atoms with Gasteiger partial charge in [-0.1, -0.05) is 6.92 Å². The number of esters is 1. The Kier molecular flexibility index (Phi) is 3.34. The van der Waals surface area contributed by atoms with Gasteiger partial charge in [-0.15, -0.1) is 0 Å². The summed E-state index contributed by atoms with van der Waals surface area (Å²) in [5.41, 5.74) is 0. The Bertz CT molecular complexity index is 333. The Labute approximate surface area is 82.1 Å². The molecule has 14 heavy (non-hydrogen) atoms. The van der Waals surface area contributed by atoms with Crippen molar-refractivity contribution in [3.8, 4) is 17.2 Å². The summed E-state index contributed by atoms with van der Waals surface area (Å²) in [5.74, 6) is 0.385. The first-order valence-electron chi connectivity index (χ1n) is 4.25. The molecule has 0 unspecified atom stereocenters. The van der Waals surface area contributed by atoms with E-state index in [1.54, 1.807) is 6.92 Å². The van der Waals surface area contributed by atoms with E-state index in [1.807, 2.05) is 0 Å². The van der Waals surface area contributed by atoms with Crippen molar-refractivity contribution in [2.45, 2.75) is 13.3 Å². The number of phenols is 1. The number of benzene rings is 1. The maximum atomic E-state index is 11.0. The number of hydrogen-bond donors (Lipinski definition) is 1. The van der Waals surface area contributed by atoms with E-state index >= 15 is 0 Å². The van der Waals surface area contributed by atoms with Crippen LogP contribution in [0.5, 0.6) is 17.2 Å². The molecule has 1 aromatic carbocycles. The first-order chi connectivity index (χ1) is 6.67. The van der Waals surface area contributed by atoms with Crippen LogP contribution in [0.25, 0.3) is 0 Å². The van der Waals surface area contributed by atoms with Crippen molar-refractivity contribution in [3.05, 3.63) is 18.2 Å². The highest BCUT2D eigenvalue weighted by atomic mass is 16.6. The fourth-order valence-corrected chi connectivity index (χ4v) is 0.935. The lowest BCUT2D eigenvalue weighted by molar-refractivity contribution is -0.134. The molecule has 1 N–H and O–H groups in total. The van der Waals surface area contributed by atoms with Crippen molar-refractivity contribution in [2.24, 2.45) is 0 Å². The predicted molar refractivity (Wildman–Crippen MR) is 50.6 cm³/mol. The fourth-order valence-electron chi connectivity index (χ4n) is 0.935. The zero-order chi connectivity index (χ0) is 10.6. The third-order valence-corrected chi connectivity index (χ3v) is 1.66. The van der Waals surface area contributed by atoms with Gasteiger partial charge in [-0.25, -0.2) is 0 Å². The van der Waals surface area contributed by atoms with Crippen LogP contribution < -0.4 is 9.47 Å². The number of ether oxygens (including phenoxy) is 2. The maximum absolute atomic E-state index is 11.0. The lowest BCUT2D eigenvalue weighted by Gasteiger charge is -2.08. The summed E-state index contributed by atoms with van der Waals surface area (Å²) in [6.07, 6.45) is 0.296. The van der Waals surface area contributed by atoms with E-state index in [1.165, 1.54) is 25.3 Å². The molecule has 0 saturated carbocycles. The molecule has 1 rings (SSSR count). The number of methoxy groups -OCH3 is 1. The molecule has 0 aliphatic rings. The second kappa shape index (κ2) is 4.50. The van der Waals surface area contributed by atoms with Gasteiger partial charge in [-0.2, -0.15) is 0 Å². The molecule has 0 aliphatic heterocycles. The van der Waals surface area contributed by atoms with Gasteiger partial charge < -0.3 is 14.6 Å². The zero-order valence-electron chi connectivity index (χ0n) is 8.11. The molecular weight excluding hydrogens is 184 g/mol. The average molecular weight is 196 g/mol. The third-order valence-electron chi connectivity index (χ3n) is 1.66. The van der Waals surface area contributed by atoms with E-state index in [0.717, 1.165) is 0 Å². The van der Waals surface area contributed by atoms with Crippen molar-refractivity contribution >= 4 is 5.97 Å². The lowest BCUT2D eigenvalue weighted by Crippen LogP contribution is -2.06. The summed E-state index contributed by atoms with van der Waals surface area (Å²) in [6, 6.07) is 4.31. The molecule has 4 heteroatoms. The monoisotopic (exact) mass is 196 g/mol. The highest BCUT2D eigenvalue weighted by Gasteiger charge is 2.08. The van der Waals surface area contributed by atoms with Crippen molar-refractivity contribution in [1.82, 2.24) is 0 Å². The minimum Gasteiger partial charge on any atom is -0.508 e. The summed E-state index contributed by atoms with van der Waals surface area (Å²) in [6.45, 7) is 1.70. The van der Waals surface area contributed by atoms with Crippen LogP contribution in [0.3, 0.4) is 0 Å². The largest absolute Gasteiger partial charge is 0.508 e. The smallest absolute Gasteiger partial charge is 0.311 e. The van der Waals surface area contributed by atoms with Crippen LogP contribution in [0.1, 0.15) is 13.3 Å². The standard InChI is InChI=1S/C10H12O4/c1-3-10(12)14-8-5-4-7(11)6-9(8)13-2/h4-6,11H,3H2,1-2H3. The number of aromatic hydroxyl groups is 1. The van der Waals surface area contributed by atoms with Gasteiger partial charge in [0.1, 0.15) is 5.75 Å². The van der Waals surface area contributed by atoms with Crippen molar-refractivity contribution in [1.29, 1.82) is 0 Å². The molecule has 1 aromatic rings. The molecule has 0 fully saturated rings. The average Bonchev–Trinajstić information content (AvgIpc) is 2.20. The first-order valence-corrected chi connectivity index (χ1v) is 4.25. The van der Waals surface area contributed by atoms with Crippen LogP contribution in [0.4, 0.5) is 0 Å². The molecule has 0 spiro atoms. The Morgan fingerprint density at radius 2 is 2.14 bits per heavy atom. The second-order valence-electron chi connectivity index (χ2n) is 2.66. The predicted octanol–water partition coefficient (Wildman–Crippen LogP) is 1.72. The van der Waals surface area contributed by atoms with Gasteiger partial charge in [0.15, 0.2) is 11.5 Å². The quantitative estimate of drug-likeness (QED) is 0.590. The van der Waals surface area contributed by atoms with Crippen LogP contribution in [-0.4, -0.2) is 18.2 Å². The normalized spacial score (nSPS) is 9.57. The summed E-state index contributed by atoms with van der Waals surface area (Å²) in [5, 5.41) is 9.14. The number of rotatable bonds is 3. The Morgan fingerprint density at radius 1 is 1.43 bits per heavy atom. The Hall–Kier alpha value is -1.71. The molecule has 0 heterocycles. The van der Waals surface area contributed by atoms with E-state index < -0.39 is 0 Å². The second-order valence-corrected chi connectivity index (χ2v) is 2.66. The minimum absolute atomic E-state index is 0.0677. The van der Waals surface area contributed by atoms with Gasteiger partial charge in [0.25, 0.3) is 0 Å². The summed E-state index contributed by atoms with van der Waals surface area (Å²) >= 11 is 0. The van der Waals surface area contributed by atoms with Gasteiger partial charge in [-0.3, -0.25) is 4.79 Å². The summed E-state index contributed by atoms with van der Waals surface area (Å²) in [4.78, 5) is 11.0. The van der Waals surface area contributed by atoms with Crippen LogP contribution in [0.2, 0.25) is 0 Å². The topological polar surface area (TPSA) is 55.8 Å². The van der Waals surface area contributed by atoms with Gasteiger partial charge in [0, 0.05) is 12.5 Å². The van der Waals surface area contributed by atoms with Gasteiger partial charge in [0.05, 0.1) is 7.11 Å². The number of carbonyl (C=O) groups excluding carboxylic acids is 1. The Morgan fingerprint density at radius 3 is 2.71 bits per heavy atom. The highest BCUT2D eigenvalue weighted by molar-refractivity contribution is 5.73. The van der Waals surface area contributed by atoms with Crippen LogP contribution >= 0.6 is 0 Å². The van der Waals surface area contributed by atoms with E-state index in [0.29, 0.717) is 17.9 Å². The van der Waals surface area contributed by atoms with Gasteiger partial charge in [-0.05, 0) is 12.1 Å². The van der Waals surface area contributed by atoms with Crippen molar-refractivity contribution < 1.29 is 19.4 Å². The zero-order valence-corrected chi connectivity index (χ0v) is 8.11. The molecule has 76 valence electrons. The molecule has 0 saturated heterocycles. The summed E-state index contributed by atoms with van der Waals surface area (Å²) in [7, 11) is 1.44. The van der Waals surface area contributed by atoms with Crippen molar-refractivity contribution in [3.63, 3.8) is 0 Å². The highest BCUT2D eigenvalue weighted by Crippen LogP contribution is 2.30.